The molecule has 0 saturated heterocycles. The van der Waals surface area contributed by atoms with E-state index in [1.165, 1.54) is 12.4 Å². The smallest absolute Gasteiger partial charge is 0.413 e. The van der Waals surface area contributed by atoms with E-state index in [0.29, 0.717) is 0 Å². The zero-order chi connectivity index (χ0) is 19.3. The number of rotatable bonds is 7. The van der Waals surface area contributed by atoms with Crippen molar-refractivity contribution in [2.45, 2.75) is 31.0 Å². The van der Waals surface area contributed by atoms with Crippen LogP contribution in [0.5, 0.6) is 0 Å². The zero-order valence-electron chi connectivity index (χ0n) is 14.3. The standard InChI is InChI=1S/C17H17F3N6O/c1-21-8-12(14-25-26-15(27-14)17(18,19)20)9-23-11-24-16(5-3-6-16)13-4-2-7-22-10-13/h2,4,7-10,24H,1,3,5-6,11H2/b12-8+,23-9-. The quantitative estimate of drug-likeness (QED) is 0.748. The molecule has 0 spiro atoms. The molecule has 0 aromatic carbocycles. The molecule has 2 aromatic rings. The average Bonchev–Trinajstić information content (AvgIpc) is 3.10. The topological polar surface area (TPSA) is 88.6 Å². The van der Waals surface area contributed by atoms with Crippen LogP contribution in [0.2, 0.25) is 0 Å². The zero-order valence-corrected chi connectivity index (χ0v) is 14.3. The largest absolute Gasteiger partial charge is 0.470 e. The number of nitrogens with zero attached hydrogens (tertiary/aromatic N) is 5. The highest BCUT2D eigenvalue weighted by Gasteiger charge is 2.39. The molecule has 0 aliphatic heterocycles. The first-order valence-corrected chi connectivity index (χ1v) is 8.17. The number of hydrogen-bond acceptors (Lipinski definition) is 7. The molecule has 1 N–H and O–H groups in total. The van der Waals surface area contributed by atoms with Gasteiger partial charge in [0.1, 0.15) is 0 Å². The lowest BCUT2D eigenvalue weighted by Gasteiger charge is -2.42. The number of nitrogens with one attached hydrogen (secondary N) is 1. The first-order chi connectivity index (χ1) is 12.9. The lowest BCUT2D eigenvalue weighted by molar-refractivity contribution is -0.157. The van der Waals surface area contributed by atoms with Gasteiger partial charge in [-0.1, -0.05) is 6.07 Å². The second-order valence-corrected chi connectivity index (χ2v) is 6.00. The molecule has 10 heteroatoms. The fraction of sp³-hybridized carbons (Fsp3) is 0.353. The molecule has 0 unspecified atom stereocenters. The Morgan fingerprint density at radius 2 is 2.19 bits per heavy atom. The molecule has 7 nitrogen and oxygen atoms in total. The predicted octanol–water partition coefficient (Wildman–Crippen LogP) is 3.22. The van der Waals surface area contributed by atoms with Crippen molar-refractivity contribution in [1.29, 1.82) is 0 Å². The van der Waals surface area contributed by atoms with Crippen molar-refractivity contribution in [3.63, 3.8) is 0 Å². The summed E-state index contributed by atoms with van der Waals surface area (Å²) < 4.78 is 42.4. The Labute approximate surface area is 153 Å². The van der Waals surface area contributed by atoms with Gasteiger partial charge < -0.3 is 4.42 Å². The maximum atomic E-state index is 12.6. The molecule has 0 radical (unpaired) electrons. The summed E-state index contributed by atoms with van der Waals surface area (Å²) in [6.07, 6.45) is 4.37. The summed E-state index contributed by atoms with van der Waals surface area (Å²) in [7, 11) is 0. The number of pyridine rings is 1. The van der Waals surface area contributed by atoms with Crippen LogP contribution in [-0.2, 0) is 11.7 Å². The number of aromatic nitrogens is 3. The van der Waals surface area contributed by atoms with Gasteiger partial charge in [0.25, 0.3) is 5.89 Å². The maximum Gasteiger partial charge on any atom is 0.470 e. The van der Waals surface area contributed by atoms with Gasteiger partial charge in [-0.3, -0.25) is 20.3 Å². The highest BCUT2D eigenvalue weighted by atomic mass is 19.4. The molecule has 1 fully saturated rings. The summed E-state index contributed by atoms with van der Waals surface area (Å²) in [6, 6.07) is 3.89. The summed E-state index contributed by atoms with van der Waals surface area (Å²) >= 11 is 0. The van der Waals surface area contributed by atoms with Crippen molar-refractivity contribution in [3.8, 4) is 0 Å². The summed E-state index contributed by atoms with van der Waals surface area (Å²) in [5.41, 5.74) is 1.04. The molecule has 1 aliphatic carbocycles. The van der Waals surface area contributed by atoms with E-state index in [4.69, 9.17) is 0 Å². The maximum absolute atomic E-state index is 12.6. The van der Waals surface area contributed by atoms with Crippen LogP contribution in [0.3, 0.4) is 0 Å². The van der Waals surface area contributed by atoms with Crippen LogP contribution in [0, 0.1) is 0 Å². The van der Waals surface area contributed by atoms with Crippen LogP contribution in [0.15, 0.2) is 45.1 Å². The Morgan fingerprint density at radius 1 is 1.37 bits per heavy atom. The molecule has 2 heterocycles. The van der Waals surface area contributed by atoms with E-state index in [-0.39, 0.29) is 23.7 Å². The second-order valence-electron chi connectivity index (χ2n) is 6.00. The molecular formula is C17H17F3N6O. The lowest BCUT2D eigenvalue weighted by atomic mass is 9.72. The van der Waals surface area contributed by atoms with E-state index in [1.807, 2.05) is 18.3 Å². The molecular weight excluding hydrogens is 361 g/mol. The number of allylic oxidation sites excluding steroid dienone is 1. The van der Waals surface area contributed by atoms with Crippen LogP contribution in [-0.4, -0.2) is 34.8 Å². The average molecular weight is 378 g/mol. The number of alkyl halides is 3. The summed E-state index contributed by atoms with van der Waals surface area (Å²) in [5.74, 6) is -1.76. The van der Waals surface area contributed by atoms with Gasteiger partial charge in [-0.25, -0.2) is 0 Å². The highest BCUT2D eigenvalue weighted by Crippen LogP contribution is 2.40. The van der Waals surface area contributed by atoms with Crippen LogP contribution >= 0.6 is 0 Å². The normalized spacial score (nSPS) is 17.1. The van der Waals surface area contributed by atoms with Gasteiger partial charge in [0.2, 0.25) is 0 Å². The minimum atomic E-state index is -4.71. The third-order valence-electron chi connectivity index (χ3n) is 4.31. The fourth-order valence-corrected chi connectivity index (χ4v) is 2.78. The van der Waals surface area contributed by atoms with E-state index in [2.05, 4.69) is 41.6 Å². The van der Waals surface area contributed by atoms with E-state index < -0.39 is 12.1 Å². The Hall–Kier alpha value is -2.88. The molecule has 2 aromatic heterocycles. The molecule has 1 aliphatic rings. The molecule has 0 atom stereocenters. The Bertz CT molecular complexity index is 840. The minimum absolute atomic E-state index is 0.138. The minimum Gasteiger partial charge on any atom is -0.413 e. The Morgan fingerprint density at radius 3 is 2.74 bits per heavy atom. The van der Waals surface area contributed by atoms with Crippen molar-refractivity contribution in [2.75, 3.05) is 6.67 Å². The van der Waals surface area contributed by atoms with Gasteiger partial charge >= 0.3 is 12.1 Å². The molecule has 3 rings (SSSR count). The van der Waals surface area contributed by atoms with Crippen molar-refractivity contribution in [2.24, 2.45) is 9.98 Å². The number of hydrogen-bond donors (Lipinski definition) is 1. The SMILES string of the molecule is C=N/C=C(\C=N/CNC1(c2cccnc2)CCC1)c1nnc(C(F)(F)F)o1. The number of aliphatic imine (C=N–C) groups is 2. The van der Waals surface area contributed by atoms with Crippen LogP contribution in [0.25, 0.3) is 5.57 Å². The van der Waals surface area contributed by atoms with Crippen molar-refractivity contribution in [3.05, 3.63) is 48.1 Å². The second kappa shape index (κ2) is 7.78. The van der Waals surface area contributed by atoms with Crippen molar-refractivity contribution in [1.82, 2.24) is 20.5 Å². The molecule has 0 bridgehead atoms. The molecule has 142 valence electrons. The van der Waals surface area contributed by atoms with Gasteiger partial charge in [0, 0.05) is 30.3 Å². The summed E-state index contributed by atoms with van der Waals surface area (Å²) in [4.78, 5) is 11.9. The number of halogens is 3. The fourth-order valence-electron chi connectivity index (χ4n) is 2.78. The Kier molecular flexibility index (Phi) is 5.45. The van der Waals surface area contributed by atoms with Gasteiger partial charge in [-0.2, -0.15) is 13.2 Å². The van der Waals surface area contributed by atoms with Crippen LogP contribution < -0.4 is 5.32 Å². The molecule has 27 heavy (non-hydrogen) atoms. The first kappa shape index (κ1) is 18.9. The van der Waals surface area contributed by atoms with Gasteiger partial charge in [-0.15, -0.1) is 10.2 Å². The van der Waals surface area contributed by atoms with Gasteiger partial charge in [0.15, 0.2) is 0 Å². The van der Waals surface area contributed by atoms with Gasteiger partial charge in [-0.05, 0) is 37.6 Å². The Balaban J connectivity index is 1.67. The van der Waals surface area contributed by atoms with E-state index in [9.17, 15) is 13.2 Å². The summed E-state index contributed by atoms with van der Waals surface area (Å²) in [6.45, 7) is 3.54. The first-order valence-electron chi connectivity index (χ1n) is 8.17. The molecule has 1 saturated carbocycles. The summed E-state index contributed by atoms with van der Waals surface area (Å²) in [5, 5.41) is 9.75. The van der Waals surface area contributed by atoms with Crippen LogP contribution in [0.1, 0.15) is 36.6 Å². The van der Waals surface area contributed by atoms with E-state index in [0.717, 1.165) is 24.8 Å². The monoisotopic (exact) mass is 378 g/mol. The third kappa shape index (κ3) is 4.27. The lowest BCUT2D eigenvalue weighted by Crippen LogP contribution is -2.48. The highest BCUT2D eigenvalue weighted by molar-refractivity contribution is 6.07. The third-order valence-corrected chi connectivity index (χ3v) is 4.31. The van der Waals surface area contributed by atoms with Crippen LogP contribution in [0.4, 0.5) is 13.2 Å². The molecule has 0 amide bonds. The van der Waals surface area contributed by atoms with E-state index in [1.54, 1.807) is 6.20 Å². The van der Waals surface area contributed by atoms with Crippen molar-refractivity contribution < 1.29 is 17.6 Å². The van der Waals surface area contributed by atoms with Gasteiger partial charge in [0.05, 0.1) is 12.2 Å². The predicted molar refractivity (Wildman–Crippen MR) is 93.1 cm³/mol. The van der Waals surface area contributed by atoms with Crippen molar-refractivity contribution >= 4 is 18.5 Å². The van der Waals surface area contributed by atoms with E-state index >= 15 is 0 Å².